The normalized spacial score (nSPS) is 30.4. The molecule has 2 N–H and O–H groups in total. The summed E-state index contributed by atoms with van der Waals surface area (Å²) in [7, 11) is 0. The number of hydrogen-bond acceptors (Lipinski definition) is 5. The maximum Gasteiger partial charge on any atom is 0.348 e. The van der Waals surface area contributed by atoms with Gasteiger partial charge in [0.15, 0.2) is 0 Å². The van der Waals surface area contributed by atoms with Crippen LogP contribution < -0.4 is 4.90 Å². The van der Waals surface area contributed by atoms with E-state index in [0.29, 0.717) is 16.5 Å². The molecule has 1 aromatic rings. The summed E-state index contributed by atoms with van der Waals surface area (Å²) in [6, 6.07) is 1.77. The topological polar surface area (TPSA) is 87.1 Å². The third kappa shape index (κ3) is 7.16. The Labute approximate surface area is 225 Å². The van der Waals surface area contributed by atoms with Crippen LogP contribution in [0.3, 0.4) is 0 Å². The van der Waals surface area contributed by atoms with Crippen molar-refractivity contribution in [3.63, 3.8) is 0 Å². The number of carboxylic acid groups (broad SMARTS) is 1. The molecule has 0 unspecified atom stereocenters. The van der Waals surface area contributed by atoms with Crippen molar-refractivity contribution < 1.29 is 24.5 Å². The van der Waals surface area contributed by atoms with E-state index in [4.69, 9.17) is 4.74 Å². The number of aromatic carboxylic acids is 1. The molecule has 3 fully saturated rings. The van der Waals surface area contributed by atoms with Gasteiger partial charge in [-0.15, -0.1) is 11.3 Å². The number of thiophene rings is 1. The minimum absolute atomic E-state index is 0.0590. The van der Waals surface area contributed by atoms with Crippen LogP contribution in [0.25, 0.3) is 0 Å². The molecule has 0 aromatic carbocycles. The Hall–Kier alpha value is -1.88. The monoisotopic (exact) mass is 529 g/mol. The molecule has 0 saturated heterocycles. The van der Waals surface area contributed by atoms with Gasteiger partial charge in [-0.25, -0.2) is 4.79 Å². The first kappa shape index (κ1) is 28.1. The number of aliphatic hydroxyl groups is 1. The zero-order valence-electron chi connectivity index (χ0n) is 22.8. The lowest BCUT2D eigenvalue weighted by atomic mass is 9.81. The van der Waals surface area contributed by atoms with Gasteiger partial charge < -0.3 is 19.8 Å². The Bertz CT molecular complexity index is 1010. The first-order valence-corrected chi connectivity index (χ1v) is 14.9. The largest absolute Gasteiger partial charge is 0.477 e. The highest BCUT2D eigenvalue weighted by Gasteiger charge is 2.38. The molecule has 6 nitrogen and oxygen atoms in total. The fourth-order valence-corrected chi connectivity index (χ4v) is 6.82. The van der Waals surface area contributed by atoms with E-state index < -0.39 is 5.97 Å². The van der Waals surface area contributed by atoms with E-state index in [-0.39, 0.29) is 46.5 Å². The Balaban J connectivity index is 1.59. The van der Waals surface area contributed by atoms with Gasteiger partial charge in [-0.3, -0.25) is 4.79 Å². The number of hydrogen-bond donors (Lipinski definition) is 2. The molecule has 1 heterocycles. The number of anilines is 1. The molecule has 0 bridgehead atoms. The van der Waals surface area contributed by atoms with Crippen LogP contribution in [0.4, 0.5) is 5.69 Å². The van der Waals surface area contributed by atoms with E-state index in [1.807, 2.05) is 31.7 Å². The molecule has 204 valence electrons. The van der Waals surface area contributed by atoms with E-state index in [0.717, 1.165) is 70.6 Å². The summed E-state index contributed by atoms with van der Waals surface area (Å²) in [5, 5.41) is 20.3. The number of rotatable bonds is 6. The van der Waals surface area contributed by atoms with E-state index >= 15 is 0 Å². The first-order chi connectivity index (χ1) is 17.5. The highest BCUT2D eigenvalue weighted by atomic mass is 32.1. The van der Waals surface area contributed by atoms with E-state index in [1.54, 1.807) is 0 Å². The van der Waals surface area contributed by atoms with Crippen molar-refractivity contribution >= 4 is 28.9 Å². The molecular formula is C30H43NO5S. The minimum atomic E-state index is -1.01. The van der Waals surface area contributed by atoms with Crippen LogP contribution in [0.5, 0.6) is 0 Å². The maximum absolute atomic E-state index is 14.0. The predicted molar refractivity (Wildman–Crippen MR) is 147 cm³/mol. The van der Waals surface area contributed by atoms with Crippen LogP contribution in [0.15, 0.2) is 6.07 Å². The number of ether oxygens (including phenoxy) is 1. The lowest BCUT2D eigenvalue weighted by Crippen LogP contribution is -2.47. The maximum atomic E-state index is 14.0. The molecular weight excluding hydrogens is 486 g/mol. The van der Waals surface area contributed by atoms with Crippen molar-refractivity contribution in [2.45, 2.75) is 123 Å². The van der Waals surface area contributed by atoms with Gasteiger partial charge in [0, 0.05) is 17.4 Å². The average molecular weight is 530 g/mol. The summed E-state index contributed by atoms with van der Waals surface area (Å²) in [4.78, 5) is 29.1. The summed E-state index contributed by atoms with van der Waals surface area (Å²) in [5.41, 5.74) is 0.308. The molecule has 3 aliphatic rings. The Morgan fingerprint density at radius 3 is 2.27 bits per heavy atom. The van der Waals surface area contributed by atoms with Crippen LogP contribution in [-0.4, -0.2) is 46.4 Å². The third-order valence-electron chi connectivity index (χ3n) is 8.12. The van der Waals surface area contributed by atoms with Gasteiger partial charge in [0.2, 0.25) is 5.91 Å². The number of carbonyl (C=O) groups excluding carboxylic acids is 1. The zero-order valence-corrected chi connectivity index (χ0v) is 23.6. The lowest BCUT2D eigenvalue weighted by Gasteiger charge is -2.40. The second-order valence-electron chi connectivity index (χ2n) is 12.4. The summed E-state index contributed by atoms with van der Waals surface area (Å²) in [6.07, 6.45) is 9.26. The summed E-state index contributed by atoms with van der Waals surface area (Å²) in [6.45, 7) is 8.31. The van der Waals surface area contributed by atoms with Crippen molar-refractivity contribution in [1.29, 1.82) is 0 Å². The number of carbonyl (C=O) groups is 2. The highest BCUT2D eigenvalue weighted by Crippen LogP contribution is 2.39. The molecule has 3 aliphatic carbocycles. The van der Waals surface area contributed by atoms with Gasteiger partial charge in [-0.2, -0.15) is 0 Å². The summed E-state index contributed by atoms with van der Waals surface area (Å²) >= 11 is 1.17. The summed E-state index contributed by atoms with van der Waals surface area (Å²) in [5.74, 6) is 5.99. The second-order valence-corrected chi connectivity index (χ2v) is 13.5. The number of aliphatic hydroxyl groups excluding tert-OH is 1. The zero-order chi connectivity index (χ0) is 26.7. The molecule has 3 saturated carbocycles. The van der Waals surface area contributed by atoms with E-state index in [1.165, 1.54) is 11.3 Å². The van der Waals surface area contributed by atoms with Crippen molar-refractivity contribution in [1.82, 2.24) is 0 Å². The molecule has 4 rings (SSSR count). The predicted octanol–water partition coefficient (Wildman–Crippen LogP) is 6.24. The van der Waals surface area contributed by atoms with E-state index in [2.05, 4.69) is 18.8 Å². The molecule has 1 aromatic heterocycles. The average Bonchev–Trinajstić information content (AvgIpc) is 3.45. The van der Waals surface area contributed by atoms with Gasteiger partial charge in [0.25, 0.3) is 0 Å². The first-order valence-electron chi connectivity index (χ1n) is 14.1. The highest BCUT2D eigenvalue weighted by molar-refractivity contribution is 7.15. The van der Waals surface area contributed by atoms with Crippen LogP contribution in [0.2, 0.25) is 0 Å². The molecule has 1 amide bonds. The SMILES string of the molecule is CC1CCC(C(=O)N(c2cc(C#CC(C)(C)C)sc2C(=O)O)C2CCC(O[C@H]3CCC[C@@H]3O)CC2)CC1. The smallest absolute Gasteiger partial charge is 0.348 e. The van der Waals surface area contributed by atoms with Crippen molar-refractivity contribution in [3.05, 3.63) is 15.8 Å². The van der Waals surface area contributed by atoms with Crippen LogP contribution in [-0.2, 0) is 9.53 Å². The fourth-order valence-electron chi connectivity index (χ4n) is 5.98. The third-order valence-corrected chi connectivity index (χ3v) is 9.15. The van der Waals surface area contributed by atoms with Gasteiger partial charge in [-0.05, 0) is 103 Å². The second kappa shape index (κ2) is 11.9. The number of amides is 1. The minimum Gasteiger partial charge on any atom is -0.477 e. The fraction of sp³-hybridized carbons (Fsp3) is 0.733. The Morgan fingerprint density at radius 2 is 1.70 bits per heavy atom. The van der Waals surface area contributed by atoms with Crippen LogP contribution in [0.1, 0.15) is 113 Å². The Morgan fingerprint density at radius 1 is 1.03 bits per heavy atom. The van der Waals surface area contributed by atoms with Gasteiger partial charge in [0.05, 0.1) is 28.9 Å². The van der Waals surface area contributed by atoms with E-state index in [9.17, 15) is 19.8 Å². The standard InChI is InChI=1S/C30H43NO5S/c1-19-8-10-20(11-9-19)28(33)31(21-12-14-22(15-13-21)36-26-7-5-6-25(26)32)24-18-23(16-17-30(2,3)4)37-27(24)29(34)35/h18-22,25-26,32H,5-15H2,1-4H3,(H,34,35)/t19?,20?,21?,22?,25-,26-/m0/s1. The van der Waals surface area contributed by atoms with Gasteiger partial charge in [-0.1, -0.05) is 18.8 Å². The van der Waals surface area contributed by atoms with Crippen molar-refractivity contribution in [2.75, 3.05) is 4.90 Å². The van der Waals surface area contributed by atoms with Crippen molar-refractivity contribution in [2.24, 2.45) is 17.3 Å². The molecule has 0 spiro atoms. The molecule has 0 aliphatic heterocycles. The van der Waals surface area contributed by atoms with Crippen molar-refractivity contribution in [3.8, 4) is 11.8 Å². The summed E-state index contributed by atoms with van der Waals surface area (Å²) < 4.78 is 6.25. The number of nitrogens with zero attached hydrogens (tertiary/aromatic N) is 1. The van der Waals surface area contributed by atoms with Crippen LogP contribution in [0, 0.1) is 29.1 Å². The molecule has 37 heavy (non-hydrogen) atoms. The van der Waals surface area contributed by atoms with Gasteiger partial charge in [0.1, 0.15) is 4.88 Å². The Kier molecular flexibility index (Phi) is 9.04. The molecule has 7 heteroatoms. The molecule has 0 radical (unpaired) electrons. The number of carboxylic acids is 1. The molecule has 2 atom stereocenters. The van der Waals surface area contributed by atoms with Gasteiger partial charge >= 0.3 is 5.97 Å². The lowest BCUT2D eigenvalue weighted by molar-refractivity contribution is -0.124. The van der Waals surface area contributed by atoms with Crippen LogP contribution >= 0.6 is 11.3 Å². The quantitative estimate of drug-likeness (QED) is 0.426.